The molecule has 7 nitrogen and oxygen atoms in total. The third kappa shape index (κ3) is 3.93. The molecule has 1 fully saturated rings. The Hall–Kier alpha value is -2.84. The molecule has 2 heterocycles. The van der Waals surface area contributed by atoms with Gasteiger partial charge >= 0.3 is 0 Å². The van der Waals surface area contributed by atoms with Gasteiger partial charge in [-0.25, -0.2) is 8.42 Å². The van der Waals surface area contributed by atoms with Crippen molar-refractivity contribution < 1.29 is 22.6 Å². The number of piperidine rings is 1. The summed E-state index contributed by atoms with van der Waals surface area (Å²) >= 11 is 0. The fraction of sp³-hybridized carbons (Fsp3) is 0.318. The molecule has 30 heavy (non-hydrogen) atoms. The number of hydrogen-bond acceptors (Lipinski definition) is 6. The summed E-state index contributed by atoms with van der Waals surface area (Å²) in [4.78, 5) is 4.53. The summed E-state index contributed by atoms with van der Waals surface area (Å²) in [5.74, 6) is 1.50. The highest BCUT2D eigenvalue weighted by atomic mass is 32.2. The maximum atomic E-state index is 13.2. The molecular formula is C22H24N2O5S. The molecular weight excluding hydrogens is 404 g/mol. The van der Waals surface area contributed by atoms with E-state index < -0.39 is 10.0 Å². The van der Waals surface area contributed by atoms with Crippen molar-refractivity contribution in [2.24, 2.45) is 0 Å². The van der Waals surface area contributed by atoms with Crippen LogP contribution in [0.25, 0.3) is 10.9 Å². The normalized spacial score (nSPS) is 15.8. The maximum Gasteiger partial charge on any atom is 0.246 e. The first kappa shape index (κ1) is 20.4. The molecule has 0 aliphatic carbocycles. The van der Waals surface area contributed by atoms with Gasteiger partial charge in [0.25, 0.3) is 0 Å². The van der Waals surface area contributed by atoms with Crippen molar-refractivity contribution in [3.05, 3.63) is 54.7 Å². The Balaban J connectivity index is 1.49. The van der Waals surface area contributed by atoms with E-state index in [4.69, 9.17) is 14.2 Å². The lowest BCUT2D eigenvalue weighted by Crippen LogP contribution is -2.41. The van der Waals surface area contributed by atoms with Crippen LogP contribution < -0.4 is 14.2 Å². The van der Waals surface area contributed by atoms with Crippen molar-refractivity contribution in [1.29, 1.82) is 0 Å². The average Bonchev–Trinajstić information content (AvgIpc) is 2.79. The van der Waals surface area contributed by atoms with Crippen molar-refractivity contribution in [1.82, 2.24) is 9.29 Å². The lowest BCUT2D eigenvalue weighted by Gasteiger charge is -2.31. The third-order valence-electron chi connectivity index (χ3n) is 5.28. The van der Waals surface area contributed by atoms with E-state index in [-0.39, 0.29) is 11.0 Å². The third-order valence-corrected chi connectivity index (χ3v) is 7.20. The Morgan fingerprint density at radius 1 is 0.967 bits per heavy atom. The van der Waals surface area contributed by atoms with Gasteiger partial charge in [0.1, 0.15) is 33.8 Å². The summed E-state index contributed by atoms with van der Waals surface area (Å²) in [5, 5.41) is 1.01. The van der Waals surface area contributed by atoms with Crippen LogP contribution in [0.2, 0.25) is 0 Å². The molecule has 158 valence electrons. The minimum Gasteiger partial charge on any atom is -0.497 e. The maximum absolute atomic E-state index is 13.2. The Kier molecular flexibility index (Phi) is 5.78. The smallest absolute Gasteiger partial charge is 0.246 e. The lowest BCUT2D eigenvalue weighted by molar-refractivity contribution is 0.136. The highest BCUT2D eigenvalue weighted by Gasteiger charge is 2.32. The van der Waals surface area contributed by atoms with Gasteiger partial charge in [0.05, 0.1) is 14.2 Å². The number of benzene rings is 2. The first-order valence-electron chi connectivity index (χ1n) is 9.75. The zero-order chi connectivity index (χ0) is 21.1. The first-order valence-corrected chi connectivity index (χ1v) is 11.2. The van der Waals surface area contributed by atoms with Gasteiger partial charge in [-0.2, -0.15) is 4.31 Å². The van der Waals surface area contributed by atoms with Gasteiger partial charge in [-0.3, -0.25) is 4.98 Å². The molecule has 1 aliphatic rings. The molecule has 1 saturated heterocycles. The topological polar surface area (TPSA) is 78.0 Å². The Labute approximate surface area is 176 Å². The van der Waals surface area contributed by atoms with E-state index in [1.807, 2.05) is 30.3 Å². The van der Waals surface area contributed by atoms with Crippen molar-refractivity contribution in [2.75, 3.05) is 27.3 Å². The van der Waals surface area contributed by atoms with Crippen molar-refractivity contribution in [3.63, 3.8) is 0 Å². The van der Waals surface area contributed by atoms with Crippen LogP contribution in [0.4, 0.5) is 0 Å². The molecule has 2 aromatic carbocycles. The van der Waals surface area contributed by atoms with E-state index in [1.54, 1.807) is 18.3 Å². The van der Waals surface area contributed by atoms with Crippen LogP contribution in [-0.2, 0) is 10.0 Å². The summed E-state index contributed by atoms with van der Waals surface area (Å²) in [6, 6.07) is 14.5. The number of para-hydroxylation sites is 1. The summed E-state index contributed by atoms with van der Waals surface area (Å²) in [6.45, 7) is 0.733. The van der Waals surface area contributed by atoms with Crippen LogP contribution in [0.15, 0.2) is 59.6 Å². The average molecular weight is 429 g/mol. The molecule has 8 heteroatoms. The Morgan fingerprint density at radius 2 is 1.73 bits per heavy atom. The molecule has 0 unspecified atom stereocenters. The lowest BCUT2D eigenvalue weighted by atomic mass is 10.1. The van der Waals surface area contributed by atoms with Crippen LogP contribution in [-0.4, -0.2) is 51.1 Å². The number of fused-ring (bicyclic) bond motifs is 1. The molecule has 0 N–H and O–H groups in total. The monoisotopic (exact) mass is 428 g/mol. The Morgan fingerprint density at radius 3 is 2.47 bits per heavy atom. The highest BCUT2D eigenvalue weighted by molar-refractivity contribution is 7.89. The fourth-order valence-electron chi connectivity index (χ4n) is 3.67. The second-order valence-electron chi connectivity index (χ2n) is 7.07. The van der Waals surface area contributed by atoms with Crippen LogP contribution in [0.3, 0.4) is 0 Å². The summed E-state index contributed by atoms with van der Waals surface area (Å²) in [7, 11) is -0.747. The van der Waals surface area contributed by atoms with E-state index in [1.165, 1.54) is 24.6 Å². The number of aromatic nitrogens is 1. The second kappa shape index (κ2) is 8.49. The van der Waals surface area contributed by atoms with E-state index in [0.717, 1.165) is 16.7 Å². The minimum atomic E-state index is -3.71. The van der Waals surface area contributed by atoms with Gasteiger partial charge in [-0.1, -0.05) is 18.2 Å². The number of rotatable bonds is 6. The molecule has 4 rings (SSSR count). The van der Waals surface area contributed by atoms with Gasteiger partial charge in [0.2, 0.25) is 10.0 Å². The molecule has 0 atom stereocenters. The number of pyridine rings is 1. The van der Waals surface area contributed by atoms with E-state index in [2.05, 4.69) is 4.98 Å². The second-order valence-corrected chi connectivity index (χ2v) is 8.98. The number of ether oxygens (including phenoxy) is 3. The summed E-state index contributed by atoms with van der Waals surface area (Å²) in [5.41, 5.74) is 0.816. The SMILES string of the molecule is COc1ccc(OC)c(S(=O)(=O)N2CCC(Oc3cccc4cccnc34)CC2)c1. The van der Waals surface area contributed by atoms with Gasteiger partial charge in [0, 0.05) is 30.7 Å². The van der Waals surface area contributed by atoms with Crippen molar-refractivity contribution in [3.8, 4) is 17.2 Å². The number of methoxy groups -OCH3 is 2. The predicted molar refractivity (Wildman–Crippen MR) is 114 cm³/mol. The number of nitrogens with zero attached hydrogens (tertiary/aromatic N) is 2. The van der Waals surface area contributed by atoms with Crippen molar-refractivity contribution >= 4 is 20.9 Å². The Bertz CT molecular complexity index is 1140. The zero-order valence-electron chi connectivity index (χ0n) is 16.9. The molecule has 0 spiro atoms. The predicted octanol–water partition coefficient (Wildman–Crippen LogP) is 3.48. The molecule has 1 aromatic heterocycles. The van der Waals surface area contributed by atoms with Gasteiger partial charge in [0.15, 0.2) is 0 Å². The largest absolute Gasteiger partial charge is 0.497 e. The molecule has 3 aromatic rings. The van der Waals surface area contributed by atoms with E-state index in [0.29, 0.717) is 37.4 Å². The van der Waals surface area contributed by atoms with Crippen LogP contribution in [0.5, 0.6) is 17.2 Å². The first-order chi connectivity index (χ1) is 14.5. The molecule has 0 saturated carbocycles. The van der Waals surface area contributed by atoms with Crippen LogP contribution in [0.1, 0.15) is 12.8 Å². The summed E-state index contributed by atoms with van der Waals surface area (Å²) in [6.07, 6.45) is 2.85. The molecule has 0 radical (unpaired) electrons. The molecule has 1 aliphatic heterocycles. The molecule has 0 bridgehead atoms. The van der Waals surface area contributed by atoms with Crippen molar-refractivity contribution in [2.45, 2.75) is 23.8 Å². The van der Waals surface area contributed by atoms with Gasteiger partial charge in [-0.15, -0.1) is 0 Å². The molecule has 0 amide bonds. The number of hydrogen-bond donors (Lipinski definition) is 0. The number of sulfonamides is 1. The minimum absolute atomic E-state index is 0.0729. The zero-order valence-corrected chi connectivity index (χ0v) is 17.8. The standard InChI is InChI=1S/C22H24N2O5S/c1-27-18-8-9-19(28-2)21(15-18)30(25,26)24-13-10-17(11-14-24)29-20-7-3-5-16-6-4-12-23-22(16)20/h3-9,12,15,17H,10-11,13-14H2,1-2H3. The van der Waals surface area contributed by atoms with Gasteiger partial charge < -0.3 is 14.2 Å². The van der Waals surface area contributed by atoms with E-state index in [9.17, 15) is 8.42 Å². The summed E-state index contributed by atoms with van der Waals surface area (Å²) < 4.78 is 44.6. The van der Waals surface area contributed by atoms with Crippen LogP contribution in [0, 0.1) is 0 Å². The quantitative estimate of drug-likeness (QED) is 0.598. The van der Waals surface area contributed by atoms with E-state index >= 15 is 0 Å². The van der Waals surface area contributed by atoms with Crippen LogP contribution >= 0.6 is 0 Å². The van der Waals surface area contributed by atoms with Gasteiger partial charge in [-0.05, 0) is 37.1 Å². The fourth-order valence-corrected chi connectivity index (χ4v) is 5.31. The highest BCUT2D eigenvalue weighted by Crippen LogP contribution is 2.33.